The van der Waals surface area contributed by atoms with Crippen LogP contribution in [0.1, 0.15) is 65.2 Å². The van der Waals surface area contributed by atoms with Crippen molar-refractivity contribution in [2.75, 3.05) is 0 Å². The van der Waals surface area contributed by atoms with Crippen LogP contribution in [-0.2, 0) is 0 Å². The molecule has 0 aliphatic carbocycles. The van der Waals surface area contributed by atoms with Crippen LogP contribution in [0.25, 0.3) is 11.1 Å². The van der Waals surface area contributed by atoms with Crippen molar-refractivity contribution in [1.29, 1.82) is 0 Å². The van der Waals surface area contributed by atoms with Crippen LogP contribution >= 0.6 is 0 Å². The fraction of sp³-hybridized carbons (Fsp3) is 0.280. The van der Waals surface area contributed by atoms with Crippen LogP contribution in [0.2, 0.25) is 0 Å². The van der Waals surface area contributed by atoms with Crippen molar-refractivity contribution in [1.82, 2.24) is 10.3 Å². The lowest BCUT2D eigenvalue weighted by atomic mass is 9.95. The SMILES string of the molecule is CCC(O)c1cc(C(=O)N[C@H](C)c2ccc(C)nc2)cc(-c2ccc(C)cc2)c1. The number of aryl methyl sites for hydroxylation is 2. The molecule has 0 spiro atoms. The van der Waals surface area contributed by atoms with Gasteiger partial charge >= 0.3 is 0 Å². The second-order valence-electron chi connectivity index (χ2n) is 7.56. The van der Waals surface area contributed by atoms with Crippen molar-refractivity contribution in [2.24, 2.45) is 0 Å². The van der Waals surface area contributed by atoms with Gasteiger partial charge in [0.05, 0.1) is 12.1 Å². The van der Waals surface area contributed by atoms with E-state index in [1.165, 1.54) is 5.56 Å². The third kappa shape index (κ3) is 5.09. The molecule has 0 aliphatic rings. The first kappa shape index (κ1) is 20.7. The lowest BCUT2D eigenvalue weighted by Gasteiger charge is -2.17. The molecule has 4 heteroatoms. The Morgan fingerprint density at radius 3 is 2.34 bits per heavy atom. The maximum absolute atomic E-state index is 13.0. The van der Waals surface area contributed by atoms with Crippen LogP contribution in [0, 0.1) is 13.8 Å². The molecule has 2 aromatic carbocycles. The summed E-state index contributed by atoms with van der Waals surface area (Å²) in [6.45, 7) is 7.84. The maximum atomic E-state index is 13.0. The topological polar surface area (TPSA) is 62.2 Å². The first-order valence-corrected chi connectivity index (χ1v) is 10.0. The molecule has 4 nitrogen and oxygen atoms in total. The number of nitrogens with zero attached hydrogens (tertiary/aromatic N) is 1. The van der Waals surface area contributed by atoms with E-state index in [0.29, 0.717) is 12.0 Å². The smallest absolute Gasteiger partial charge is 0.251 e. The van der Waals surface area contributed by atoms with Gasteiger partial charge in [-0.15, -0.1) is 0 Å². The van der Waals surface area contributed by atoms with Crippen molar-refractivity contribution in [2.45, 2.75) is 46.3 Å². The van der Waals surface area contributed by atoms with Gasteiger partial charge < -0.3 is 10.4 Å². The highest BCUT2D eigenvalue weighted by atomic mass is 16.3. The van der Waals surface area contributed by atoms with Gasteiger partial charge in [-0.3, -0.25) is 9.78 Å². The number of hydrogen-bond acceptors (Lipinski definition) is 3. The molecule has 2 atom stereocenters. The van der Waals surface area contributed by atoms with Crippen LogP contribution in [0.4, 0.5) is 0 Å². The Kier molecular flexibility index (Phi) is 6.45. The number of amides is 1. The number of pyridine rings is 1. The molecule has 2 N–H and O–H groups in total. The number of hydrogen-bond donors (Lipinski definition) is 2. The predicted molar refractivity (Wildman–Crippen MR) is 117 cm³/mol. The van der Waals surface area contributed by atoms with E-state index in [2.05, 4.69) is 10.3 Å². The molecule has 3 rings (SSSR count). The number of carbonyl (C=O) groups is 1. The number of rotatable bonds is 6. The van der Waals surface area contributed by atoms with Gasteiger partial charge in [0.15, 0.2) is 0 Å². The molecule has 0 radical (unpaired) electrons. The first-order chi connectivity index (χ1) is 13.9. The van der Waals surface area contributed by atoms with E-state index in [1.807, 2.05) is 76.2 Å². The summed E-state index contributed by atoms with van der Waals surface area (Å²) >= 11 is 0. The number of benzene rings is 2. The molecule has 3 aromatic rings. The molecule has 0 saturated heterocycles. The molecule has 0 bridgehead atoms. The molecule has 1 amide bonds. The van der Waals surface area contributed by atoms with E-state index in [0.717, 1.165) is 27.9 Å². The Morgan fingerprint density at radius 2 is 1.72 bits per heavy atom. The fourth-order valence-corrected chi connectivity index (χ4v) is 3.22. The summed E-state index contributed by atoms with van der Waals surface area (Å²) in [5.74, 6) is -0.170. The van der Waals surface area contributed by atoms with Crippen LogP contribution < -0.4 is 5.32 Å². The average Bonchev–Trinajstić information content (AvgIpc) is 2.73. The van der Waals surface area contributed by atoms with E-state index >= 15 is 0 Å². The quantitative estimate of drug-likeness (QED) is 0.602. The summed E-state index contributed by atoms with van der Waals surface area (Å²) in [6, 6.07) is 17.5. The van der Waals surface area contributed by atoms with Gasteiger partial charge in [0, 0.05) is 17.5 Å². The van der Waals surface area contributed by atoms with Crippen LogP contribution in [0.3, 0.4) is 0 Å². The number of nitrogens with one attached hydrogen (secondary N) is 1. The lowest BCUT2D eigenvalue weighted by Crippen LogP contribution is -2.27. The summed E-state index contributed by atoms with van der Waals surface area (Å²) in [6.07, 6.45) is 1.77. The van der Waals surface area contributed by atoms with Crippen molar-refractivity contribution in [3.63, 3.8) is 0 Å². The van der Waals surface area contributed by atoms with Crippen molar-refractivity contribution in [3.8, 4) is 11.1 Å². The molecular weight excluding hydrogens is 360 g/mol. The Bertz CT molecular complexity index is 979. The minimum Gasteiger partial charge on any atom is -0.388 e. The molecular formula is C25H28N2O2. The van der Waals surface area contributed by atoms with E-state index in [9.17, 15) is 9.90 Å². The monoisotopic (exact) mass is 388 g/mol. The highest BCUT2D eigenvalue weighted by Gasteiger charge is 2.16. The maximum Gasteiger partial charge on any atom is 0.251 e. The standard InChI is InChI=1S/C25H28N2O2/c1-5-24(28)22-12-21(19-9-6-16(2)7-10-19)13-23(14-22)25(29)27-18(4)20-11-8-17(3)26-15-20/h6-15,18,24,28H,5H2,1-4H3,(H,27,29)/t18-,24?/m1/s1. The second kappa shape index (κ2) is 9.01. The molecule has 0 fully saturated rings. The minimum atomic E-state index is -0.606. The van der Waals surface area contributed by atoms with Crippen molar-refractivity contribution < 1.29 is 9.90 Å². The van der Waals surface area contributed by atoms with E-state index in [4.69, 9.17) is 0 Å². The summed E-state index contributed by atoms with van der Waals surface area (Å²) in [4.78, 5) is 17.3. The molecule has 1 aromatic heterocycles. The van der Waals surface area contributed by atoms with Gasteiger partial charge in [-0.05, 0) is 73.7 Å². The van der Waals surface area contributed by atoms with Crippen LogP contribution in [0.5, 0.6) is 0 Å². The van der Waals surface area contributed by atoms with Crippen LogP contribution in [0.15, 0.2) is 60.8 Å². The molecule has 1 heterocycles. The Morgan fingerprint density at radius 1 is 1.00 bits per heavy atom. The van der Waals surface area contributed by atoms with E-state index in [1.54, 1.807) is 12.3 Å². The Balaban J connectivity index is 1.92. The Labute approximate surface area is 172 Å². The molecule has 150 valence electrons. The van der Waals surface area contributed by atoms with E-state index < -0.39 is 6.10 Å². The zero-order chi connectivity index (χ0) is 21.0. The molecule has 1 unspecified atom stereocenters. The third-order valence-corrected chi connectivity index (χ3v) is 5.16. The molecule has 29 heavy (non-hydrogen) atoms. The van der Waals surface area contributed by atoms with Crippen molar-refractivity contribution in [3.05, 3.63) is 88.7 Å². The number of aliphatic hydroxyl groups is 1. The second-order valence-corrected chi connectivity index (χ2v) is 7.56. The third-order valence-electron chi connectivity index (χ3n) is 5.16. The van der Waals surface area contributed by atoms with Crippen LogP contribution in [-0.4, -0.2) is 16.0 Å². The van der Waals surface area contributed by atoms with Crippen molar-refractivity contribution >= 4 is 5.91 Å². The number of aromatic nitrogens is 1. The van der Waals surface area contributed by atoms with Gasteiger partial charge in [0.25, 0.3) is 5.91 Å². The summed E-state index contributed by atoms with van der Waals surface area (Å²) in [5, 5.41) is 13.4. The zero-order valence-electron chi connectivity index (χ0n) is 17.4. The largest absolute Gasteiger partial charge is 0.388 e. The lowest BCUT2D eigenvalue weighted by molar-refractivity contribution is 0.0939. The number of carbonyl (C=O) groups excluding carboxylic acids is 1. The summed E-state index contributed by atoms with van der Waals surface area (Å²) in [7, 11) is 0. The van der Waals surface area contributed by atoms with Gasteiger partial charge in [-0.1, -0.05) is 42.8 Å². The van der Waals surface area contributed by atoms with Gasteiger partial charge in [0.2, 0.25) is 0 Å². The highest BCUT2D eigenvalue weighted by Crippen LogP contribution is 2.27. The average molecular weight is 389 g/mol. The summed E-state index contributed by atoms with van der Waals surface area (Å²) in [5.41, 5.74) is 6.30. The summed E-state index contributed by atoms with van der Waals surface area (Å²) < 4.78 is 0. The normalized spacial score (nSPS) is 13.0. The first-order valence-electron chi connectivity index (χ1n) is 10.0. The molecule has 0 aliphatic heterocycles. The Hall–Kier alpha value is -2.98. The van der Waals surface area contributed by atoms with E-state index in [-0.39, 0.29) is 11.9 Å². The molecule has 0 saturated carbocycles. The van der Waals surface area contributed by atoms with Gasteiger partial charge in [-0.25, -0.2) is 0 Å². The minimum absolute atomic E-state index is 0.168. The number of aliphatic hydroxyl groups excluding tert-OH is 1. The zero-order valence-corrected chi connectivity index (χ0v) is 17.4. The van der Waals surface area contributed by atoms with Gasteiger partial charge in [0.1, 0.15) is 0 Å². The highest BCUT2D eigenvalue weighted by molar-refractivity contribution is 5.96. The van der Waals surface area contributed by atoms with Gasteiger partial charge in [-0.2, -0.15) is 0 Å². The predicted octanol–water partition coefficient (Wildman–Crippen LogP) is 5.30. The fourth-order valence-electron chi connectivity index (χ4n) is 3.22.